The number of hydrogen-bond donors (Lipinski definition) is 0. The molecule has 0 bridgehead atoms. The average molecular weight is 347 g/mol. The topological polar surface area (TPSA) is 0 Å². The molecule has 0 heterocycles. The van der Waals surface area contributed by atoms with Gasteiger partial charge in [0.25, 0.3) is 0 Å². The lowest BCUT2D eigenvalue weighted by molar-refractivity contribution is -0.241. The molecule has 142 valence electrons. The fraction of sp³-hybridized carbons (Fsp3) is 1.00. The van der Waals surface area contributed by atoms with E-state index in [0.717, 1.165) is 38.0 Å². The fourth-order valence-corrected chi connectivity index (χ4v) is 5.41. The normalized spacial score (nSPS) is 35.1. The first kappa shape index (κ1) is 20.1. The molecule has 0 aromatic carbocycles. The van der Waals surface area contributed by atoms with E-state index in [9.17, 15) is 13.2 Å². The van der Waals surface area contributed by atoms with Gasteiger partial charge in [-0.1, -0.05) is 58.8 Å². The van der Waals surface area contributed by atoms with Crippen molar-refractivity contribution in [2.45, 2.75) is 110 Å². The summed E-state index contributed by atoms with van der Waals surface area (Å²) in [5, 5.41) is 0. The quantitative estimate of drug-likeness (QED) is 0.411. The molecule has 0 atom stereocenters. The van der Waals surface area contributed by atoms with E-state index in [1.165, 1.54) is 38.5 Å². The zero-order valence-corrected chi connectivity index (χ0v) is 15.8. The van der Waals surface area contributed by atoms with Crippen LogP contribution in [0.15, 0.2) is 0 Å². The minimum absolute atomic E-state index is 0.361. The third kappa shape index (κ3) is 4.91. The molecule has 0 aliphatic heterocycles. The molecule has 24 heavy (non-hydrogen) atoms. The van der Waals surface area contributed by atoms with Gasteiger partial charge in [-0.25, -0.2) is 0 Å². The molecule has 2 aliphatic rings. The molecule has 3 heteroatoms. The highest BCUT2D eigenvalue weighted by atomic mass is 19.4. The van der Waals surface area contributed by atoms with Gasteiger partial charge in [0.2, 0.25) is 0 Å². The maximum atomic E-state index is 13.7. The highest BCUT2D eigenvalue weighted by molar-refractivity contribution is 4.93. The Bertz CT molecular complexity index is 345. The summed E-state index contributed by atoms with van der Waals surface area (Å²) in [6, 6.07) is 0. The van der Waals surface area contributed by atoms with Gasteiger partial charge in [0, 0.05) is 0 Å². The Kier molecular flexibility index (Phi) is 7.49. The molecule has 2 saturated carbocycles. The predicted octanol–water partition coefficient (Wildman–Crippen LogP) is 7.91. The summed E-state index contributed by atoms with van der Waals surface area (Å²) >= 11 is 0. The SMILES string of the molecule is CCCCC[C@]1(C(F)(F)F)CC[C@@H](C2CCC(CCC)CC2)CC1. The molecule has 0 aromatic rings. The van der Waals surface area contributed by atoms with Crippen LogP contribution in [-0.4, -0.2) is 6.18 Å². The third-order valence-corrected chi connectivity index (χ3v) is 7.10. The van der Waals surface area contributed by atoms with Crippen LogP contribution in [0, 0.1) is 23.2 Å². The molecule has 2 fully saturated rings. The van der Waals surface area contributed by atoms with E-state index in [2.05, 4.69) is 13.8 Å². The lowest BCUT2D eigenvalue weighted by Crippen LogP contribution is -2.42. The summed E-state index contributed by atoms with van der Waals surface area (Å²) in [5.41, 5.74) is -1.36. The predicted molar refractivity (Wildman–Crippen MR) is 94.9 cm³/mol. The summed E-state index contributed by atoms with van der Waals surface area (Å²) in [6.07, 6.45) is 9.20. The molecule has 0 nitrogen and oxygen atoms in total. The summed E-state index contributed by atoms with van der Waals surface area (Å²) in [6.45, 7) is 4.31. The van der Waals surface area contributed by atoms with Crippen LogP contribution in [0.3, 0.4) is 0 Å². The lowest BCUT2D eigenvalue weighted by atomic mass is 9.62. The Hall–Kier alpha value is -0.210. The molecule has 0 radical (unpaired) electrons. The summed E-state index contributed by atoms with van der Waals surface area (Å²) in [4.78, 5) is 0. The smallest absolute Gasteiger partial charge is 0.171 e. The average Bonchev–Trinajstić information content (AvgIpc) is 2.56. The van der Waals surface area contributed by atoms with Gasteiger partial charge in [0.15, 0.2) is 0 Å². The highest BCUT2D eigenvalue weighted by Crippen LogP contribution is 2.55. The van der Waals surface area contributed by atoms with E-state index in [-0.39, 0.29) is 0 Å². The molecule has 0 N–H and O–H groups in total. The van der Waals surface area contributed by atoms with Gasteiger partial charge in [-0.3, -0.25) is 0 Å². The Balaban J connectivity index is 1.86. The van der Waals surface area contributed by atoms with E-state index < -0.39 is 11.6 Å². The fourth-order valence-electron chi connectivity index (χ4n) is 5.41. The van der Waals surface area contributed by atoms with Crippen molar-refractivity contribution in [3.8, 4) is 0 Å². The molecule has 0 aromatic heterocycles. The molecule has 0 saturated heterocycles. The molecular formula is C21H37F3. The van der Waals surface area contributed by atoms with Crippen LogP contribution in [0.1, 0.15) is 104 Å². The van der Waals surface area contributed by atoms with Crippen molar-refractivity contribution in [1.29, 1.82) is 0 Å². The first-order chi connectivity index (χ1) is 11.4. The Morgan fingerprint density at radius 2 is 1.38 bits per heavy atom. The zero-order valence-electron chi connectivity index (χ0n) is 15.8. The van der Waals surface area contributed by atoms with Crippen molar-refractivity contribution in [2.24, 2.45) is 23.2 Å². The van der Waals surface area contributed by atoms with Crippen molar-refractivity contribution in [2.75, 3.05) is 0 Å². The Labute approximate surface area is 147 Å². The molecular weight excluding hydrogens is 309 g/mol. The summed E-state index contributed by atoms with van der Waals surface area (Å²) in [5.74, 6) is 2.16. The van der Waals surface area contributed by atoms with Crippen LogP contribution in [0.2, 0.25) is 0 Å². The number of hydrogen-bond acceptors (Lipinski definition) is 0. The maximum absolute atomic E-state index is 13.7. The number of halogens is 3. The van der Waals surface area contributed by atoms with Crippen LogP contribution >= 0.6 is 0 Å². The maximum Gasteiger partial charge on any atom is 0.394 e. The van der Waals surface area contributed by atoms with Crippen LogP contribution in [0.5, 0.6) is 0 Å². The third-order valence-electron chi connectivity index (χ3n) is 7.10. The molecule has 2 aliphatic carbocycles. The molecule has 0 amide bonds. The number of unbranched alkanes of at least 4 members (excludes halogenated alkanes) is 2. The zero-order chi connectivity index (χ0) is 17.6. The van der Waals surface area contributed by atoms with Gasteiger partial charge in [-0.2, -0.15) is 13.2 Å². The van der Waals surface area contributed by atoms with E-state index in [1.807, 2.05) is 0 Å². The van der Waals surface area contributed by atoms with Crippen molar-refractivity contribution >= 4 is 0 Å². The number of rotatable bonds is 7. The largest absolute Gasteiger partial charge is 0.394 e. The second-order valence-electron chi connectivity index (χ2n) is 8.64. The lowest BCUT2D eigenvalue weighted by Gasteiger charge is -2.44. The first-order valence-corrected chi connectivity index (χ1v) is 10.5. The summed E-state index contributed by atoms with van der Waals surface area (Å²) in [7, 11) is 0. The molecule has 2 rings (SSSR count). The van der Waals surface area contributed by atoms with Gasteiger partial charge in [0.1, 0.15) is 0 Å². The Morgan fingerprint density at radius 1 is 0.792 bits per heavy atom. The first-order valence-electron chi connectivity index (χ1n) is 10.5. The van der Waals surface area contributed by atoms with Gasteiger partial charge >= 0.3 is 6.18 Å². The Morgan fingerprint density at radius 3 is 1.88 bits per heavy atom. The summed E-state index contributed by atoms with van der Waals surface area (Å²) < 4.78 is 41.2. The standard InChI is InChI=1S/C21H37F3/c1-3-5-6-14-20(21(22,23)24)15-12-19(13-16-20)18-10-8-17(7-4-2)9-11-18/h17-19H,3-16H2,1-2H3/t17?,18?,19-,20+. The van der Waals surface area contributed by atoms with Crippen molar-refractivity contribution in [3.63, 3.8) is 0 Å². The highest BCUT2D eigenvalue weighted by Gasteiger charge is 2.55. The second-order valence-corrected chi connectivity index (χ2v) is 8.64. The van der Waals surface area contributed by atoms with Crippen LogP contribution < -0.4 is 0 Å². The monoisotopic (exact) mass is 346 g/mol. The van der Waals surface area contributed by atoms with E-state index in [4.69, 9.17) is 0 Å². The van der Waals surface area contributed by atoms with Crippen molar-refractivity contribution in [1.82, 2.24) is 0 Å². The van der Waals surface area contributed by atoms with Crippen molar-refractivity contribution < 1.29 is 13.2 Å². The molecule has 0 spiro atoms. The number of alkyl halides is 3. The van der Waals surface area contributed by atoms with Crippen LogP contribution in [0.25, 0.3) is 0 Å². The second kappa shape index (κ2) is 8.94. The minimum atomic E-state index is -4.01. The minimum Gasteiger partial charge on any atom is -0.171 e. The van der Waals surface area contributed by atoms with E-state index in [1.54, 1.807) is 0 Å². The van der Waals surface area contributed by atoms with Crippen LogP contribution in [-0.2, 0) is 0 Å². The van der Waals surface area contributed by atoms with Gasteiger partial charge in [0.05, 0.1) is 5.41 Å². The van der Waals surface area contributed by atoms with Gasteiger partial charge in [-0.15, -0.1) is 0 Å². The van der Waals surface area contributed by atoms with Gasteiger partial charge in [-0.05, 0) is 62.7 Å². The molecule has 0 unspecified atom stereocenters. The van der Waals surface area contributed by atoms with E-state index >= 15 is 0 Å². The van der Waals surface area contributed by atoms with Crippen LogP contribution in [0.4, 0.5) is 13.2 Å². The van der Waals surface area contributed by atoms with Crippen molar-refractivity contribution in [3.05, 3.63) is 0 Å². The van der Waals surface area contributed by atoms with Gasteiger partial charge < -0.3 is 0 Å². The van der Waals surface area contributed by atoms with E-state index in [0.29, 0.717) is 31.1 Å².